The van der Waals surface area contributed by atoms with Gasteiger partial charge in [0.1, 0.15) is 11.6 Å². The molecule has 1 aromatic carbocycles. The predicted octanol–water partition coefficient (Wildman–Crippen LogP) is 2.72. The molecule has 0 radical (unpaired) electrons. The molecule has 2 saturated heterocycles. The number of piperazine rings is 1. The highest BCUT2D eigenvalue weighted by Gasteiger charge is 2.26. The number of rotatable bonds is 4. The largest absolute Gasteiger partial charge is 0.376 e. The molecular formula is C22H30N4O. The Kier molecular flexibility index (Phi) is 6.52. The highest BCUT2D eigenvalue weighted by molar-refractivity contribution is 5.97. The molecule has 1 amide bonds. The van der Waals surface area contributed by atoms with E-state index >= 15 is 0 Å². The van der Waals surface area contributed by atoms with Crippen molar-refractivity contribution in [1.82, 2.24) is 14.7 Å². The number of nitrogens with zero attached hydrogens (tertiary/aromatic N) is 4. The van der Waals surface area contributed by atoms with E-state index in [0.717, 1.165) is 32.7 Å². The minimum absolute atomic E-state index is 0.122. The van der Waals surface area contributed by atoms with Gasteiger partial charge in [0.2, 0.25) is 0 Å². The van der Waals surface area contributed by atoms with Gasteiger partial charge in [-0.1, -0.05) is 44.2 Å². The predicted molar refractivity (Wildman–Crippen MR) is 107 cm³/mol. The second-order valence-corrected chi connectivity index (χ2v) is 8.11. The summed E-state index contributed by atoms with van der Waals surface area (Å²) in [5.74, 6) is 1.07. The van der Waals surface area contributed by atoms with Gasteiger partial charge < -0.3 is 9.80 Å². The lowest BCUT2D eigenvalue weighted by Gasteiger charge is -2.36. The van der Waals surface area contributed by atoms with Gasteiger partial charge in [-0.3, -0.25) is 9.69 Å². The van der Waals surface area contributed by atoms with Crippen LogP contribution in [0.5, 0.6) is 0 Å². The van der Waals surface area contributed by atoms with Crippen molar-refractivity contribution in [2.24, 2.45) is 11.8 Å². The van der Waals surface area contributed by atoms with Gasteiger partial charge in [0.25, 0.3) is 5.91 Å². The van der Waals surface area contributed by atoms with E-state index in [4.69, 9.17) is 0 Å². The summed E-state index contributed by atoms with van der Waals surface area (Å²) in [5.41, 5.74) is 1.57. The topological polar surface area (TPSA) is 50.6 Å². The van der Waals surface area contributed by atoms with E-state index in [0.29, 0.717) is 24.9 Å². The second kappa shape index (κ2) is 9.05. The quantitative estimate of drug-likeness (QED) is 0.607. The summed E-state index contributed by atoms with van der Waals surface area (Å²) in [5, 5.41) is 9.53. The standard InChI is InChI=1S/C22H30N4O/c1-18-12-19(2)15-25(14-18)17-21(13-23)22(27)26-10-8-24(9-11-26)16-20-6-4-3-5-7-20/h3-7,17-19H,8-12,14-16H2,1-2H3/b21-17-. The van der Waals surface area contributed by atoms with Crippen molar-refractivity contribution in [2.45, 2.75) is 26.8 Å². The van der Waals surface area contributed by atoms with Crippen LogP contribution in [0, 0.1) is 23.2 Å². The minimum Gasteiger partial charge on any atom is -0.376 e. The van der Waals surface area contributed by atoms with Crippen LogP contribution in [-0.4, -0.2) is 59.9 Å². The lowest BCUT2D eigenvalue weighted by molar-refractivity contribution is -0.128. The van der Waals surface area contributed by atoms with Gasteiger partial charge in [-0.05, 0) is 23.8 Å². The van der Waals surface area contributed by atoms with Crippen LogP contribution >= 0.6 is 0 Å². The van der Waals surface area contributed by atoms with Gasteiger partial charge in [0.15, 0.2) is 0 Å². The lowest BCUT2D eigenvalue weighted by atomic mass is 9.92. The molecule has 0 N–H and O–H groups in total. The van der Waals surface area contributed by atoms with E-state index < -0.39 is 0 Å². The summed E-state index contributed by atoms with van der Waals surface area (Å²) < 4.78 is 0. The Morgan fingerprint density at radius 1 is 1.11 bits per heavy atom. The summed E-state index contributed by atoms with van der Waals surface area (Å²) in [7, 11) is 0. The molecular weight excluding hydrogens is 336 g/mol. The van der Waals surface area contributed by atoms with E-state index in [1.54, 1.807) is 6.20 Å². The first-order valence-corrected chi connectivity index (χ1v) is 9.96. The van der Waals surface area contributed by atoms with Crippen LogP contribution in [0.2, 0.25) is 0 Å². The molecule has 0 spiro atoms. The Morgan fingerprint density at radius 2 is 1.74 bits per heavy atom. The fourth-order valence-corrected chi connectivity index (χ4v) is 4.25. The molecule has 3 rings (SSSR count). The average Bonchev–Trinajstić information content (AvgIpc) is 2.66. The first-order chi connectivity index (χ1) is 13.0. The summed E-state index contributed by atoms with van der Waals surface area (Å²) in [6.07, 6.45) is 3.01. The lowest BCUT2D eigenvalue weighted by Crippen LogP contribution is -2.48. The number of amides is 1. The Hall–Kier alpha value is -2.32. The Morgan fingerprint density at radius 3 is 2.33 bits per heavy atom. The number of carbonyl (C=O) groups excluding carboxylic acids is 1. The van der Waals surface area contributed by atoms with Crippen molar-refractivity contribution in [3.63, 3.8) is 0 Å². The molecule has 1 aromatic rings. The van der Waals surface area contributed by atoms with Gasteiger partial charge in [-0.15, -0.1) is 0 Å². The number of hydrogen-bond donors (Lipinski definition) is 0. The fourth-order valence-electron chi connectivity index (χ4n) is 4.25. The molecule has 2 unspecified atom stereocenters. The molecule has 2 aliphatic rings. The molecule has 27 heavy (non-hydrogen) atoms. The molecule has 5 heteroatoms. The molecule has 0 aromatic heterocycles. The molecule has 2 fully saturated rings. The van der Waals surface area contributed by atoms with Gasteiger partial charge in [-0.2, -0.15) is 5.26 Å². The van der Waals surface area contributed by atoms with Crippen LogP contribution in [0.25, 0.3) is 0 Å². The van der Waals surface area contributed by atoms with E-state index in [1.165, 1.54) is 12.0 Å². The van der Waals surface area contributed by atoms with Gasteiger partial charge >= 0.3 is 0 Å². The van der Waals surface area contributed by atoms with E-state index in [1.807, 2.05) is 11.0 Å². The SMILES string of the molecule is CC1CC(C)CN(/C=C(/C#N)C(=O)N2CCN(Cc3ccccc3)CC2)C1. The molecule has 5 nitrogen and oxygen atoms in total. The third-order valence-electron chi connectivity index (χ3n) is 5.47. The van der Waals surface area contributed by atoms with Crippen LogP contribution in [0.15, 0.2) is 42.1 Å². The zero-order chi connectivity index (χ0) is 19.2. The maximum atomic E-state index is 12.8. The monoisotopic (exact) mass is 366 g/mol. The van der Waals surface area contributed by atoms with Crippen molar-refractivity contribution in [3.8, 4) is 6.07 Å². The normalized spacial score (nSPS) is 24.6. The van der Waals surface area contributed by atoms with Crippen molar-refractivity contribution < 1.29 is 4.79 Å². The van der Waals surface area contributed by atoms with Crippen LogP contribution in [0.4, 0.5) is 0 Å². The van der Waals surface area contributed by atoms with Gasteiger partial charge in [0, 0.05) is 52.0 Å². The number of piperidine rings is 1. The minimum atomic E-state index is -0.122. The van der Waals surface area contributed by atoms with Crippen LogP contribution in [0.3, 0.4) is 0 Å². The zero-order valence-electron chi connectivity index (χ0n) is 16.5. The summed E-state index contributed by atoms with van der Waals surface area (Å²) in [6, 6.07) is 12.6. The number of nitriles is 1. The maximum Gasteiger partial charge on any atom is 0.266 e. The van der Waals surface area contributed by atoms with Crippen LogP contribution in [0.1, 0.15) is 25.8 Å². The molecule has 2 atom stereocenters. The fraction of sp³-hybridized carbons (Fsp3) is 0.545. The highest BCUT2D eigenvalue weighted by Crippen LogP contribution is 2.22. The second-order valence-electron chi connectivity index (χ2n) is 8.11. The Balaban J connectivity index is 1.55. The summed E-state index contributed by atoms with van der Waals surface area (Å²) >= 11 is 0. The first kappa shape index (κ1) is 19.4. The molecule has 2 aliphatic heterocycles. The third-order valence-corrected chi connectivity index (χ3v) is 5.47. The molecule has 2 heterocycles. The average molecular weight is 367 g/mol. The van der Waals surface area contributed by atoms with Gasteiger partial charge in [-0.25, -0.2) is 0 Å². The van der Waals surface area contributed by atoms with Crippen molar-refractivity contribution in [1.29, 1.82) is 5.26 Å². The summed E-state index contributed by atoms with van der Waals surface area (Å²) in [4.78, 5) is 19.2. The number of carbonyl (C=O) groups is 1. The van der Waals surface area contributed by atoms with Crippen LogP contribution < -0.4 is 0 Å². The van der Waals surface area contributed by atoms with E-state index in [-0.39, 0.29) is 11.5 Å². The molecule has 0 aliphatic carbocycles. The molecule has 0 saturated carbocycles. The van der Waals surface area contributed by atoms with Crippen molar-refractivity contribution in [2.75, 3.05) is 39.3 Å². The van der Waals surface area contributed by atoms with Gasteiger partial charge in [0.05, 0.1) is 0 Å². The van der Waals surface area contributed by atoms with Crippen LogP contribution in [-0.2, 0) is 11.3 Å². The number of benzene rings is 1. The van der Waals surface area contributed by atoms with E-state index in [9.17, 15) is 10.1 Å². The highest BCUT2D eigenvalue weighted by atomic mass is 16.2. The zero-order valence-corrected chi connectivity index (χ0v) is 16.5. The van der Waals surface area contributed by atoms with Crippen molar-refractivity contribution in [3.05, 3.63) is 47.7 Å². The van der Waals surface area contributed by atoms with Crippen molar-refractivity contribution >= 4 is 5.91 Å². The third kappa shape index (κ3) is 5.33. The first-order valence-electron chi connectivity index (χ1n) is 9.96. The maximum absolute atomic E-state index is 12.8. The Bertz CT molecular complexity index is 691. The number of hydrogen-bond acceptors (Lipinski definition) is 4. The smallest absolute Gasteiger partial charge is 0.266 e. The summed E-state index contributed by atoms with van der Waals surface area (Å²) in [6.45, 7) is 10.3. The molecule has 144 valence electrons. The molecule has 0 bridgehead atoms. The Labute approximate surface area is 162 Å². The number of likely N-dealkylation sites (tertiary alicyclic amines) is 1. The van der Waals surface area contributed by atoms with E-state index in [2.05, 4.69) is 54.0 Å².